The van der Waals surface area contributed by atoms with Crippen molar-refractivity contribution in [3.05, 3.63) is 50.1 Å². The lowest BCUT2D eigenvalue weighted by Crippen LogP contribution is -2.02. The number of halogens is 1. The number of aromatic carboxylic acids is 1. The van der Waals surface area contributed by atoms with Crippen LogP contribution >= 0.6 is 27.3 Å². The van der Waals surface area contributed by atoms with Gasteiger partial charge in [0.15, 0.2) is 0 Å². The van der Waals surface area contributed by atoms with Crippen LogP contribution in [0.2, 0.25) is 0 Å². The van der Waals surface area contributed by atoms with Crippen molar-refractivity contribution in [1.29, 1.82) is 0 Å². The van der Waals surface area contributed by atoms with Crippen molar-refractivity contribution in [2.45, 2.75) is 0 Å². The largest absolute Gasteiger partial charge is 0.496 e. The zero-order valence-corrected chi connectivity index (χ0v) is 12.5. The fourth-order valence-corrected chi connectivity index (χ4v) is 3.00. The molecule has 5 heteroatoms. The molecule has 0 saturated heterocycles. The summed E-state index contributed by atoms with van der Waals surface area (Å²) >= 11 is 4.97. The van der Waals surface area contributed by atoms with E-state index >= 15 is 0 Å². The lowest BCUT2D eigenvalue weighted by atomic mass is 10.1. The molecule has 1 N–H and O–H groups in total. The van der Waals surface area contributed by atoms with Crippen LogP contribution in [0.25, 0.3) is 12.2 Å². The summed E-state index contributed by atoms with van der Waals surface area (Å²) in [4.78, 5) is 12.3. The van der Waals surface area contributed by atoms with Crippen molar-refractivity contribution in [1.82, 2.24) is 0 Å². The second-order valence-electron chi connectivity index (χ2n) is 3.70. The van der Waals surface area contributed by atoms with Crippen LogP contribution in [0.4, 0.5) is 0 Å². The monoisotopic (exact) mass is 338 g/mol. The van der Waals surface area contributed by atoms with Gasteiger partial charge in [-0.05, 0) is 45.8 Å². The molecule has 1 heterocycles. The molecule has 2 aromatic rings. The molecule has 0 spiro atoms. The number of hydrogen-bond acceptors (Lipinski definition) is 3. The first kappa shape index (κ1) is 13.8. The molecule has 0 unspecified atom stereocenters. The molecule has 0 atom stereocenters. The minimum atomic E-state index is -0.996. The SMILES string of the molecule is COc1cccc(/C=C/c2ccc(Br)s2)c1C(=O)O. The van der Waals surface area contributed by atoms with Gasteiger partial charge in [0, 0.05) is 4.88 Å². The van der Waals surface area contributed by atoms with Crippen LogP contribution in [0, 0.1) is 0 Å². The highest BCUT2D eigenvalue weighted by molar-refractivity contribution is 9.11. The average molecular weight is 339 g/mol. The quantitative estimate of drug-likeness (QED) is 0.899. The molecule has 1 aromatic heterocycles. The predicted octanol–water partition coefficient (Wildman–Crippen LogP) is 4.39. The van der Waals surface area contributed by atoms with Gasteiger partial charge in [-0.25, -0.2) is 4.79 Å². The lowest BCUT2D eigenvalue weighted by Gasteiger charge is -2.07. The van der Waals surface area contributed by atoms with Crippen molar-refractivity contribution in [3.8, 4) is 5.75 Å². The highest BCUT2D eigenvalue weighted by Crippen LogP contribution is 2.26. The fraction of sp³-hybridized carbons (Fsp3) is 0.0714. The molecule has 98 valence electrons. The maximum Gasteiger partial charge on any atom is 0.340 e. The Kier molecular flexibility index (Phi) is 4.39. The Hall–Kier alpha value is -1.59. The molecule has 0 aliphatic heterocycles. The topological polar surface area (TPSA) is 46.5 Å². The second kappa shape index (κ2) is 6.04. The lowest BCUT2D eigenvalue weighted by molar-refractivity contribution is 0.0693. The number of hydrogen-bond donors (Lipinski definition) is 1. The van der Waals surface area contributed by atoms with Crippen LogP contribution in [0.15, 0.2) is 34.1 Å². The van der Waals surface area contributed by atoms with Gasteiger partial charge in [0.25, 0.3) is 0 Å². The van der Waals surface area contributed by atoms with Crippen molar-refractivity contribution in [3.63, 3.8) is 0 Å². The number of methoxy groups -OCH3 is 1. The van der Waals surface area contributed by atoms with E-state index in [1.165, 1.54) is 7.11 Å². The van der Waals surface area contributed by atoms with E-state index in [0.29, 0.717) is 11.3 Å². The van der Waals surface area contributed by atoms with Crippen molar-refractivity contribution in [2.75, 3.05) is 7.11 Å². The summed E-state index contributed by atoms with van der Waals surface area (Å²) in [6, 6.07) is 9.09. The van der Waals surface area contributed by atoms with Gasteiger partial charge in [0.2, 0.25) is 0 Å². The van der Waals surface area contributed by atoms with Crippen molar-refractivity contribution in [2.24, 2.45) is 0 Å². The van der Waals surface area contributed by atoms with Crippen molar-refractivity contribution >= 4 is 45.4 Å². The third-order valence-electron chi connectivity index (χ3n) is 2.51. The summed E-state index contributed by atoms with van der Waals surface area (Å²) in [5.74, 6) is -0.633. The maximum atomic E-state index is 11.3. The average Bonchev–Trinajstić information content (AvgIpc) is 2.81. The Morgan fingerprint density at radius 1 is 1.32 bits per heavy atom. The van der Waals surface area contributed by atoms with Gasteiger partial charge in [-0.3, -0.25) is 0 Å². The van der Waals surface area contributed by atoms with Gasteiger partial charge in [0.1, 0.15) is 11.3 Å². The van der Waals surface area contributed by atoms with Crippen LogP contribution in [0.5, 0.6) is 5.75 Å². The molecule has 0 aliphatic rings. The number of carboxylic acid groups (broad SMARTS) is 1. The van der Waals surface area contributed by atoms with Crippen LogP contribution in [0.3, 0.4) is 0 Å². The molecule has 1 aromatic carbocycles. The van der Waals surface area contributed by atoms with E-state index < -0.39 is 5.97 Å². The highest BCUT2D eigenvalue weighted by Gasteiger charge is 2.14. The van der Waals surface area contributed by atoms with Crippen molar-refractivity contribution < 1.29 is 14.6 Å². The van der Waals surface area contributed by atoms with Gasteiger partial charge in [-0.15, -0.1) is 11.3 Å². The van der Waals surface area contributed by atoms with Crippen LogP contribution < -0.4 is 4.74 Å². The number of carbonyl (C=O) groups is 1. The molecule has 0 aliphatic carbocycles. The number of thiophene rings is 1. The summed E-state index contributed by atoms with van der Waals surface area (Å²) in [6.07, 6.45) is 3.67. The van der Waals surface area contributed by atoms with E-state index in [9.17, 15) is 9.90 Å². The molecule has 3 nitrogen and oxygen atoms in total. The normalized spacial score (nSPS) is 10.8. The molecule has 0 bridgehead atoms. The first-order valence-corrected chi connectivity index (χ1v) is 7.06. The maximum absolute atomic E-state index is 11.3. The third-order valence-corrected chi connectivity index (χ3v) is 4.10. The number of rotatable bonds is 4. The molecule has 0 saturated carbocycles. The Bertz CT molecular complexity index is 631. The highest BCUT2D eigenvalue weighted by atomic mass is 79.9. The first-order chi connectivity index (χ1) is 9.11. The molecule has 0 fully saturated rings. The Morgan fingerprint density at radius 2 is 2.11 bits per heavy atom. The molecular weight excluding hydrogens is 328 g/mol. The van der Waals surface area contributed by atoms with Gasteiger partial charge in [-0.1, -0.05) is 18.2 Å². The molecule has 0 amide bonds. The summed E-state index contributed by atoms with van der Waals surface area (Å²) in [5.41, 5.74) is 0.799. The van der Waals surface area contributed by atoms with Crippen LogP contribution in [-0.4, -0.2) is 18.2 Å². The van der Waals surface area contributed by atoms with Crippen LogP contribution in [-0.2, 0) is 0 Å². The summed E-state index contributed by atoms with van der Waals surface area (Å²) in [7, 11) is 1.46. The zero-order chi connectivity index (χ0) is 13.8. The number of benzene rings is 1. The van der Waals surface area contributed by atoms with E-state index in [1.807, 2.05) is 18.2 Å². The van der Waals surface area contributed by atoms with Crippen LogP contribution in [0.1, 0.15) is 20.8 Å². The number of carboxylic acids is 1. The molecule has 2 rings (SSSR count). The van der Waals surface area contributed by atoms with E-state index in [0.717, 1.165) is 8.66 Å². The minimum absolute atomic E-state index is 0.178. The summed E-state index contributed by atoms with van der Waals surface area (Å²) in [5, 5.41) is 9.26. The molecular formula is C14H11BrO3S. The molecule has 0 radical (unpaired) electrons. The Morgan fingerprint density at radius 3 is 2.68 bits per heavy atom. The van der Waals surface area contributed by atoms with E-state index in [-0.39, 0.29) is 5.56 Å². The Labute approximate surface area is 123 Å². The smallest absolute Gasteiger partial charge is 0.340 e. The standard InChI is InChI=1S/C14H11BrO3S/c1-18-11-4-2-3-9(13(11)14(16)17)5-6-10-7-8-12(15)19-10/h2-8H,1H3,(H,16,17)/b6-5+. The van der Waals surface area contributed by atoms with Gasteiger partial charge >= 0.3 is 5.97 Å². The minimum Gasteiger partial charge on any atom is -0.496 e. The predicted molar refractivity (Wildman–Crippen MR) is 80.9 cm³/mol. The van der Waals surface area contributed by atoms with E-state index in [2.05, 4.69) is 15.9 Å². The third kappa shape index (κ3) is 3.24. The number of ether oxygens (including phenoxy) is 1. The van der Waals surface area contributed by atoms with Gasteiger partial charge in [-0.2, -0.15) is 0 Å². The molecule has 19 heavy (non-hydrogen) atoms. The first-order valence-electron chi connectivity index (χ1n) is 5.45. The van der Waals surface area contributed by atoms with Gasteiger partial charge < -0.3 is 9.84 Å². The van der Waals surface area contributed by atoms with Gasteiger partial charge in [0.05, 0.1) is 10.9 Å². The fourth-order valence-electron chi connectivity index (χ4n) is 1.68. The summed E-state index contributed by atoms with van der Waals surface area (Å²) < 4.78 is 6.12. The second-order valence-corrected chi connectivity index (χ2v) is 6.20. The summed E-state index contributed by atoms with van der Waals surface area (Å²) in [6.45, 7) is 0. The van der Waals surface area contributed by atoms with E-state index in [1.54, 1.807) is 35.6 Å². The zero-order valence-electron chi connectivity index (χ0n) is 10.1. The Balaban J connectivity index is 2.39. The van der Waals surface area contributed by atoms with E-state index in [4.69, 9.17) is 4.74 Å².